The van der Waals surface area contributed by atoms with Gasteiger partial charge < -0.3 is 5.32 Å². The van der Waals surface area contributed by atoms with Crippen LogP contribution in [0.2, 0.25) is 5.15 Å². The monoisotopic (exact) mass is 437 g/mol. The molecule has 6 nitrogen and oxygen atoms in total. The predicted molar refractivity (Wildman–Crippen MR) is 117 cm³/mol. The van der Waals surface area contributed by atoms with Crippen molar-refractivity contribution >= 4 is 17.5 Å². The van der Waals surface area contributed by atoms with E-state index in [2.05, 4.69) is 15.5 Å². The fourth-order valence-corrected chi connectivity index (χ4v) is 3.62. The zero-order chi connectivity index (χ0) is 21.8. The minimum atomic E-state index is -0.305. The number of aromatic nitrogens is 4. The summed E-state index contributed by atoms with van der Waals surface area (Å²) in [5.74, 6) is -0.579. The van der Waals surface area contributed by atoms with Gasteiger partial charge in [-0.05, 0) is 48.7 Å². The van der Waals surface area contributed by atoms with Gasteiger partial charge in [0.2, 0.25) is 0 Å². The van der Waals surface area contributed by atoms with Crippen LogP contribution in [-0.2, 0) is 13.0 Å². The Morgan fingerprint density at radius 2 is 1.84 bits per heavy atom. The average Bonchev–Trinajstić information content (AvgIpc) is 3.35. The van der Waals surface area contributed by atoms with Crippen LogP contribution in [0.3, 0.4) is 0 Å². The molecular formula is C23H21ClFN5O. The minimum Gasteiger partial charge on any atom is -0.352 e. The van der Waals surface area contributed by atoms with Gasteiger partial charge in [-0.2, -0.15) is 10.2 Å². The Labute approximate surface area is 184 Å². The number of aryl methyl sites for hydroxylation is 1. The van der Waals surface area contributed by atoms with Gasteiger partial charge in [-0.1, -0.05) is 41.9 Å². The molecule has 0 spiro atoms. The smallest absolute Gasteiger partial charge is 0.256 e. The third-order valence-corrected chi connectivity index (χ3v) is 5.28. The van der Waals surface area contributed by atoms with Crippen LogP contribution < -0.4 is 5.32 Å². The van der Waals surface area contributed by atoms with Crippen LogP contribution in [0.25, 0.3) is 5.69 Å². The second-order valence-corrected chi connectivity index (χ2v) is 7.53. The Hall–Kier alpha value is -3.45. The maximum atomic E-state index is 13.1. The summed E-state index contributed by atoms with van der Waals surface area (Å²) >= 11 is 6.42. The summed E-state index contributed by atoms with van der Waals surface area (Å²) in [7, 11) is 0. The van der Waals surface area contributed by atoms with Crippen LogP contribution in [0, 0.1) is 12.7 Å². The summed E-state index contributed by atoms with van der Waals surface area (Å²) in [5.41, 5.74) is 3.73. The van der Waals surface area contributed by atoms with Crippen molar-refractivity contribution in [3.8, 4) is 5.69 Å². The lowest BCUT2D eigenvalue weighted by Gasteiger charge is -2.06. The average molecular weight is 438 g/mol. The van der Waals surface area contributed by atoms with E-state index in [4.69, 9.17) is 11.6 Å². The molecule has 31 heavy (non-hydrogen) atoms. The number of rotatable bonds is 7. The largest absolute Gasteiger partial charge is 0.352 e. The van der Waals surface area contributed by atoms with E-state index in [1.54, 1.807) is 34.6 Å². The van der Waals surface area contributed by atoms with Gasteiger partial charge in [0.15, 0.2) is 0 Å². The molecule has 0 aliphatic heterocycles. The Morgan fingerprint density at radius 1 is 1.10 bits per heavy atom. The predicted octanol–water partition coefficient (Wildman–Crippen LogP) is 4.19. The normalized spacial score (nSPS) is 10.9. The molecule has 0 fully saturated rings. The maximum absolute atomic E-state index is 13.1. The minimum absolute atomic E-state index is 0.260. The molecule has 0 unspecified atom stereocenters. The lowest BCUT2D eigenvalue weighted by atomic mass is 10.2. The van der Waals surface area contributed by atoms with Crippen LogP contribution >= 0.6 is 11.6 Å². The van der Waals surface area contributed by atoms with E-state index in [-0.39, 0.29) is 16.9 Å². The lowest BCUT2D eigenvalue weighted by Crippen LogP contribution is -2.26. The summed E-state index contributed by atoms with van der Waals surface area (Å²) < 4.78 is 16.4. The fraction of sp³-hybridized carbons (Fsp3) is 0.174. The van der Waals surface area contributed by atoms with Crippen molar-refractivity contribution < 1.29 is 9.18 Å². The first kappa shape index (κ1) is 20.8. The number of halogens is 2. The molecule has 8 heteroatoms. The molecule has 0 aliphatic rings. The summed E-state index contributed by atoms with van der Waals surface area (Å²) in [6.07, 6.45) is 4.37. The molecule has 0 bridgehead atoms. The van der Waals surface area contributed by atoms with Gasteiger partial charge in [-0.25, -0.2) is 13.8 Å². The molecule has 4 aromatic rings. The number of carbonyl (C=O) groups excluding carboxylic acids is 1. The van der Waals surface area contributed by atoms with E-state index in [1.807, 2.05) is 36.5 Å². The lowest BCUT2D eigenvalue weighted by molar-refractivity contribution is 0.0953. The number of amides is 1. The van der Waals surface area contributed by atoms with Gasteiger partial charge in [-0.15, -0.1) is 0 Å². The number of carbonyl (C=O) groups is 1. The number of hydrogen-bond acceptors (Lipinski definition) is 3. The Bertz CT molecular complexity index is 1180. The zero-order valence-electron chi connectivity index (χ0n) is 16.9. The van der Waals surface area contributed by atoms with Crippen molar-refractivity contribution in [2.24, 2.45) is 0 Å². The molecule has 158 valence electrons. The van der Waals surface area contributed by atoms with Crippen molar-refractivity contribution in [2.75, 3.05) is 6.54 Å². The maximum Gasteiger partial charge on any atom is 0.256 e. The number of nitrogens with one attached hydrogen (secondary N) is 1. The van der Waals surface area contributed by atoms with E-state index in [9.17, 15) is 9.18 Å². The fourth-order valence-electron chi connectivity index (χ4n) is 3.30. The zero-order valence-corrected chi connectivity index (χ0v) is 17.7. The highest BCUT2D eigenvalue weighted by Gasteiger charge is 2.20. The van der Waals surface area contributed by atoms with Crippen LogP contribution in [-0.4, -0.2) is 32.0 Å². The van der Waals surface area contributed by atoms with Crippen LogP contribution in [0.15, 0.2) is 67.0 Å². The Balaban J connectivity index is 1.37. The van der Waals surface area contributed by atoms with Gasteiger partial charge in [0.25, 0.3) is 5.91 Å². The van der Waals surface area contributed by atoms with Crippen molar-refractivity contribution in [2.45, 2.75) is 19.9 Å². The molecule has 0 aliphatic carbocycles. The highest BCUT2D eigenvalue weighted by molar-refractivity contribution is 6.33. The third-order valence-electron chi connectivity index (χ3n) is 4.89. The SMILES string of the molecule is Cc1nn(Cc2ccc(F)cc2)c(Cl)c1C(=O)NCCc1cnn(-c2ccccc2)c1. The van der Waals surface area contributed by atoms with Gasteiger partial charge in [0, 0.05) is 12.7 Å². The van der Waals surface area contributed by atoms with E-state index < -0.39 is 0 Å². The van der Waals surface area contributed by atoms with Gasteiger partial charge in [-0.3, -0.25) is 4.79 Å². The number of nitrogens with zero attached hydrogens (tertiary/aromatic N) is 4. The van der Waals surface area contributed by atoms with Crippen molar-refractivity contribution in [1.29, 1.82) is 0 Å². The molecule has 4 rings (SSSR count). The van der Waals surface area contributed by atoms with E-state index in [1.165, 1.54) is 12.1 Å². The molecule has 0 atom stereocenters. The number of benzene rings is 2. The van der Waals surface area contributed by atoms with E-state index >= 15 is 0 Å². The molecule has 2 aromatic heterocycles. The highest BCUT2D eigenvalue weighted by Crippen LogP contribution is 2.21. The molecule has 1 N–H and O–H groups in total. The summed E-state index contributed by atoms with van der Waals surface area (Å²) in [6, 6.07) is 15.9. The van der Waals surface area contributed by atoms with Gasteiger partial charge >= 0.3 is 0 Å². The molecule has 0 radical (unpaired) electrons. The molecule has 2 heterocycles. The number of para-hydroxylation sites is 1. The van der Waals surface area contributed by atoms with Gasteiger partial charge in [0.05, 0.1) is 29.7 Å². The Kier molecular flexibility index (Phi) is 6.13. The van der Waals surface area contributed by atoms with Crippen molar-refractivity contribution in [3.63, 3.8) is 0 Å². The molecule has 0 saturated heterocycles. The second kappa shape index (κ2) is 9.14. The van der Waals surface area contributed by atoms with Crippen LogP contribution in [0.1, 0.15) is 27.2 Å². The topological polar surface area (TPSA) is 64.7 Å². The van der Waals surface area contributed by atoms with Gasteiger partial charge in [0.1, 0.15) is 11.0 Å². The standard InChI is InChI=1S/C23H21ClFN5O/c1-16-21(22(24)30(28-16)14-17-7-9-19(25)10-8-17)23(31)26-12-11-18-13-27-29(15-18)20-5-3-2-4-6-20/h2-10,13,15H,11-12,14H2,1H3,(H,26,31). The van der Waals surface area contributed by atoms with Crippen LogP contribution in [0.4, 0.5) is 4.39 Å². The second-order valence-electron chi connectivity index (χ2n) is 7.17. The molecule has 2 aromatic carbocycles. The van der Waals surface area contributed by atoms with E-state index in [0.29, 0.717) is 30.8 Å². The Morgan fingerprint density at radius 3 is 2.58 bits per heavy atom. The van der Waals surface area contributed by atoms with Crippen molar-refractivity contribution in [1.82, 2.24) is 24.9 Å². The quantitative estimate of drug-likeness (QED) is 0.471. The summed E-state index contributed by atoms with van der Waals surface area (Å²) in [4.78, 5) is 12.7. The first-order valence-corrected chi connectivity index (χ1v) is 10.2. The first-order valence-electron chi connectivity index (χ1n) is 9.86. The molecule has 0 saturated carbocycles. The third kappa shape index (κ3) is 4.83. The van der Waals surface area contributed by atoms with Crippen LogP contribution in [0.5, 0.6) is 0 Å². The van der Waals surface area contributed by atoms with Crippen molar-refractivity contribution in [3.05, 3.63) is 100 Å². The summed E-state index contributed by atoms with van der Waals surface area (Å²) in [5, 5.41) is 11.9. The van der Waals surface area contributed by atoms with E-state index in [0.717, 1.165) is 16.8 Å². The molecular weight excluding hydrogens is 417 g/mol. The number of hydrogen-bond donors (Lipinski definition) is 1. The summed E-state index contributed by atoms with van der Waals surface area (Å²) in [6.45, 7) is 2.54. The first-order chi connectivity index (χ1) is 15.0. The highest BCUT2D eigenvalue weighted by atomic mass is 35.5. The molecule has 1 amide bonds.